The van der Waals surface area contributed by atoms with Crippen molar-refractivity contribution in [1.82, 2.24) is 4.98 Å². The van der Waals surface area contributed by atoms with Gasteiger partial charge in [0.25, 0.3) is 0 Å². The maximum Gasteiger partial charge on any atom is 0.355 e. The Morgan fingerprint density at radius 2 is 2.32 bits per heavy atom. The van der Waals surface area contributed by atoms with Crippen molar-refractivity contribution in [2.24, 2.45) is 0 Å². The zero-order valence-electron chi connectivity index (χ0n) is 9.77. The molecule has 0 bridgehead atoms. The minimum atomic E-state index is -1.10. The Labute approximate surface area is 112 Å². The summed E-state index contributed by atoms with van der Waals surface area (Å²) in [6.45, 7) is 1.65. The molecule has 5 nitrogen and oxygen atoms in total. The first-order chi connectivity index (χ1) is 9.01. The number of thiazole rings is 1. The normalized spacial score (nSPS) is 9.95. The third-order valence-electron chi connectivity index (χ3n) is 2.34. The molecule has 2 rings (SSSR count). The van der Waals surface area contributed by atoms with Crippen LogP contribution in [0.25, 0.3) is 0 Å². The molecule has 0 saturated heterocycles. The molecular formula is C12H8FN3O2S. The Hall–Kier alpha value is -2.46. The standard InChI is InChI=1S/C12H8FN3O2S/c1-6-10(11(17)18)16-12(19-6)15-8-2-3-9(13)7(4-8)5-14/h2-4H,1H3,(H,15,16)(H,17,18). The van der Waals surface area contributed by atoms with Crippen LogP contribution in [0.2, 0.25) is 0 Å². The number of rotatable bonds is 3. The van der Waals surface area contributed by atoms with Crippen LogP contribution in [0.4, 0.5) is 15.2 Å². The third-order valence-corrected chi connectivity index (χ3v) is 3.22. The zero-order valence-corrected chi connectivity index (χ0v) is 10.6. The molecule has 1 aromatic heterocycles. The molecule has 7 heteroatoms. The van der Waals surface area contributed by atoms with E-state index >= 15 is 0 Å². The number of hydrogen-bond donors (Lipinski definition) is 2. The van der Waals surface area contributed by atoms with Crippen molar-refractivity contribution in [2.45, 2.75) is 6.92 Å². The number of carboxylic acid groups (broad SMARTS) is 1. The highest BCUT2D eigenvalue weighted by Crippen LogP contribution is 2.26. The highest BCUT2D eigenvalue weighted by atomic mass is 32.1. The first kappa shape index (κ1) is 13.0. The summed E-state index contributed by atoms with van der Waals surface area (Å²) < 4.78 is 13.1. The maximum atomic E-state index is 13.1. The van der Waals surface area contributed by atoms with E-state index in [9.17, 15) is 9.18 Å². The van der Waals surface area contributed by atoms with Gasteiger partial charge in [-0.3, -0.25) is 0 Å². The van der Waals surface area contributed by atoms with E-state index in [1.807, 2.05) is 0 Å². The molecule has 2 aromatic rings. The van der Waals surface area contributed by atoms with Gasteiger partial charge in [-0.1, -0.05) is 0 Å². The number of nitrogens with zero attached hydrogens (tertiary/aromatic N) is 2. The molecule has 0 aliphatic rings. The lowest BCUT2D eigenvalue weighted by molar-refractivity contribution is 0.0690. The highest BCUT2D eigenvalue weighted by Gasteiger charge is 2.14. The SMILES string of the molecule is Cc1sc(Nc2ccc(F)c(C#N)c2)nc1C(=O)O. The molecule has 1 heterocycles. The molecule has 96 valence electrons. The van der Waals surface area contributed by atoms with Gasteiger partial charge in [0.2, 0.25) is 0 Å². The lowest BCUT2D eigenvalue weighted by Crippen LogP contribution is -1.99. The summed E-state index contributed by atoms with van der Waals surface area (Å²) in [6, 6.07) is 5.69. The smallest absolute Gasteiger partial charge is 0.355 e. The van der Waals surface area contributed by atoms with Crippen molar-refractivity contribution in [3.63, 3.8) is 0 Å². The summed E-state index contributed by atoms with van der Waals surface area (Å²) in [7, 11) is 0. The number of carbonyl (C=O) groups is 1. The van der Waals surface area contributed by atoms with Crippen molar-refractivity contribution in [2.75, 3.05) is 5.32 Å². The molecule has 1 aromatic carbocycles. The van der Waals surface area contributed by atoms with E-state index in [1.165, 1.54) is 29.5 Å². The number of benzene rings is 1. The van der Waals surface area contributed by atoms with Gasteiger partial charge in [-0.2, -0.15) is 5.26 Å². The molecule has 0 spiro atoms. The third kappa shape index (κ3) is 2.69. The molecule has 0 atom stereocenters. The molecule has 0 radical (unpaired) electrons. The van der Waals surface area contributed by atoms with Gasteiger partial charge < -0.3 is 10.4 Å². The van der Waals surface area contributed by atoms with Crippen LogP contribution in [0.15, 0.2) is 18.2 Å². The van der Waals surface area contributed by atoms with Crippen LogP contribution in [0, 0.1) is 24.1 Å². The number of aromatic carboxylic acids is 1. The second-order valence-electron chi connectivity index (χ2n) is 3.66. The number of halogens is 1. The van der Waals surface area contributed by atoms with Crippen LogP contribution in [0.3, 0.4) is 0 Å². The van der Waals surface area contributed by atoms with Gasteiger partial charge in [0, 0.05) is 10.6 Å². The number of aryl methyl sites for hydroxylation is 1. The second kappa shape index (κ2) is 5.04. The fourth-order valence-electron chi connectivity index (χ4n) is 1.46. The highest BCUT2D eigenvalue weighted by molar-refractivity contribution is 7.15. The van der Waals surface area contributed by atoms with Gasteiger partial charge >= 0.3 is 5.97 Å². The minimum absolute atomic E-state index is 0.0184. The van der Waals surface area contributed by atoms with Gasteiger partial charge in [-0.05, 0) is 25.1 Å². The minimum Gasteiger partial charge on any atom is -0.476 e. The Bertz CT molecular complexity index is 691. The van der Waals surface area contributed by atoms with Crippen molar-refractivity contribution in [3.05, 3.63) is 40.2 Å². The fraction of sp³-hybridized carbons (Fsp3) is 0.0833. The fourth-order valence-corrected chi connectivity index (χ4v) is 2.29. The van der Waals surface area contributed by atoms with Crippen LogP contribution in [-0.2, 0) is 0 Å². The first-order valence-corrected chi connectivity index (χ1v) is 6.00. The largest absolute Gasteiger partial charge is 0.476 e. The monoisotopic (exact) mass is 277 g/mol. The van der Waals surface area contributed by atoms with Crippen LogP contribution >= 0.6 is 11.3 Å². The predicted octanol–water partition coefficient (Wildman–Crippen LogP) is 2.90. The van der Waals surface area contributed by atoms with Gasteiger partial charge in [0.05, 0.1) is 5.56 Å². The van der Waals surface area contributed by atoms with Crippen LogP contribution < -0.4 is 5.32 Å². The zero-order chi connectivity index (χ0) is 14.0. The van der Waals surface area contributed by atoms with E-state index in [-0.39, 0.29) is 11.3 Å². The van der Waals surface area contributed by atoms with Crippen LogP contribution in [0.5, 0.6) is 0 Å². The van der Waals surface area contributed by atoms with Crippen molar-refractivity contribution in [1.29, 1.82) is 5.26 Å². The van der Waals surface area contributed by atoms with Crippen molar-refractivity contribution >= 4 is 28.1 Å². The van der Waals surface area contributed by atoms with Gasteiger partial charge in [-0.25, -0.2) is 14.2 Å². The summed E-state index contributed by atoms with van der Waals surface area (Å²) >= 11 is 1.18. The van der Waals surface area contributed by atoms with Gasteiger partial charge in [0.1, 0.15) is 11.9 Å². The lowest BCUT2D eigenvalue weighted by Gasteiger charge is -2.02. The maximum absolute atomic E-state index is 13.1. The van der Waals surface area contributed by atoms with Crippen LogP contribution in [0.1, 0.15) is 20.9 Å². The summed E-state index contributed by atoms with van der Waals surface area (Å²) in [5.74, 6) is -1.70. The Balaban J connectivity index is 2.29. The molecule has 2 N–H and O–H groups in total. The molecule has 0 aliphatic carbocycles. The lowest BCUT2D eigenvalue weighted by atomic mass is 10.2. The summed E-state index contributed by atoms with van der Waals surface area (Å²) in [4.78, 5) is 15.3. The first-order valence-electron chi connectivity index (χ1n) is 5.18. The number of nitrogens with one attached hydrogen (secondary N) is 1. The molecule has 0 amide bonds. The van der Waals surface area contributed by atoms with E-state index in [0.717, 1.165) is 0 Å². The van der Waals surface area contributed by atoms with E-state index in [2.05, 4.69) is 10.3 Å². The summed E-state index contributed by atoms with van der Waals surface area (Å²) in [5.41, 5.74) is 0.371. The number of hydrogen-bond acceptors (Lipinski definition) is 5. The Morgan fingerprint density at radius 1 is 1.58 bits per heavy atom. The van der Waals surface area contributed by atoms with Gasteiger partial charge in [-0.15, -0.1) is 11.3 Å². The van der Waals surface area contributed by atoms with Crippen molar-refractivity contribution in [3.8, 4) is 6.07 Å². The molecule has 0 unspecified atom stereocenters. The molecule has 0 fully saturated rings. The average Bonchev–Trinajstić information content (AvgIpc) is 2.73. The molecular weight excluding hydrogens is 269 g/mol. The molecule has 19 heavy (non-hydrogen) atoms. The predicted molar refractivity (Wildman–Crippen MR) is 68.2 cm³/mol. The van der Waals surface area contributed by atoms with E-state index in [4.69, 9.17) is 10.4 Å². The van der Waals surface area contributed by atoms with E-state index in [0.29, 0.717) is 15.7 Å². The average molecular weight is 277 g/mol. The van der Waals surface area contributed by atoms with Crippen LogP contribution in [-0.4, -0.2) is 16.1 Å². The van der Waals surface area contributed by atoms with Crippen molar-refractivity contribution < 1.29 is 14.3 Å². The number of anilines is 2. The Morgan fingerprint density at radius 3 is 2.89 bits per heavy atom. The molecule has 0 saturated carbocycles. The number of aromatic nitrogens is 1. The van der Waals surface area contributed by atoms with E-state index < -0.39 is 11.8 Å². The van der Waals surface area contributed by atoms with E-state index in [1.54, 1.807) is 13.0 Å². The quantitative estimate of drug-likeness (QED) is 0.900. The van der Waals surface area contributed by atoms with Gasteiger partial charge in [0.15, 0.2) is 10.8 Å². The number of carboxylic acids is 1. The number of nitriles is 1. The second-order valence-corrected chi connectivity index (χ2v) is 4.86. The summed E-state index contributed by atoms with van der Waals surface area (Å²) in [5, 5.41) is 20.8. The Kier molecular flexibility index (Phi) is 3.44. The summed E-state index contributed by atoms with van der Waals surface area (Å²) in [6.07, 6.45) is 0. The molecule has 0 aliphatic heterocycles. The topological polar surface area (TPSA) is 86.0 Å².